The highest BCUT2D eigenvalue weighted by Gasteiger charge is 2.36. The van der Waals surface area contributed by atoms with Crippen LogP contribution in [0.4, 0.5) is 5.95 Å². The first-order valence-corrected chi connectivity index (χ1v) is 12.0. The number of thioether (sulfide) groups is 1. The maximum absolute atomic E-state index is 13.0. The van der Waals surface area contributed by atoms with E-state index in [1.165, 1.54) is 11.1 Å². The quantitative estimate of drug-likeness (QED) is 0.366. The molecule has 0 unspecified atom stereocenters. The lowest BCUT2D eigenvalue weighted by molar-refractivity contribution is -0.139. The molecule has 0 aliphatic carbocycles. The fourth-order valence-electron chi connectivity index (χ4n) is 3.90. The molecule has 1 aliphatic rings. The van der Waals surface area contributed by atoms with Crippen LogP contribution in [0, 0.1) is 6.92 Å². The molecule has 0 bridgehead atoms. The third-order valence-electron chi connectivity index (χ3n) is 5.29. The number of carbonyl (C=O) groups excluding carboxylic acids is 1. The van der Waals surface area contributed by atoms with Crippen molar-refractivity contribution in [3.05, 3.63) is 76.5 Å². The van der Waals surface area contributed by atoms with Gasteiger partial charge in [-0.25, -0.2) is 9.48 Å². The van der Waals surface area contributed by atoms with Crippen LogP contribution in [0.5, 0.6) is 5.75 Å². The fraction of sp³-hybridized carbons (Fsp3) is 0.320. The van der Waals surface area contributed by atoms with Gasteiger partial charge in [0.15, 0.2) is 0 Å². The number of benzene rings is 2. The van der Waals surface area contributed by atoms with Gasteiger partial charge in [0.1, 0.15) is 11.8 Å². The normalized spacial score (nSPS) is 15.1. The third kappa shape index (κ3) is 4.90. The standard InChI is InChI=1S/C25H28N4O3S/c1-5-31-20-13-8-7-12-19(20)22-21(23(30)32-6-2)17(4)26-24-27-25(28-29(22)24)33-15-18-11-9-10-16(3)14-18/h7-14,22H,5-6,15H2,1-4H3,(H,26,27,28)/t22-/m1/s1. The summed E-state index contributed by atoms with van der Waals surface area (Å²) in [6.07, 6.45) is 0. The minimum absolute atomic E-state index is 0.289. The van der Waals surface area contributed by atoms with Crippen LogP contribution < -0.4 is 10.1 Å². The molecule has 2 aromatic carbocycles. The van der Waals surface area contributed by atoms with Crippen LogP contribution in [-0.2, 0) is 15.3 Å². The number of ether oxygens (including phenoxy) is 2. The number of nitrogens with zero attached hydrogens (tertiary/aromatic N) is 3. The molecule has 1 atom stereocenters. The lowest BCUT2D eigenvalue weighted by Gasteiger charge is -2.29. The fourth-order valence-corrected chi connectivity index (χ4v) is 4.67. The number of carbonyl (C=O) groups is 1. The Labute approximate surface area is 198 Å². The number of fused-ring (bicyclic) bond motifs is 1. The van der Waals surface area contributed by atoms with E-state index < -0.39 is 6.04 Å². The van der Waals surface area contributed by atoms with E-state index in [9.17, 15) is 4.79 Å². The SMILES string of the molecule is CCOC(=O)C1=C(C)Nc2nc(SCc3cccc(C)c3)nn2[C@@H]1c1ccccc1OCC. The average molecular weight is 465 g/mol. The zero-order valence-corrected chi connectivity index (χ0v) is 20.1. The number of allylic oxidation sites excluding steroid dienone is 1. The first-order chi connectivity index (χ1) is 16.0. The molecule has 172 valence electrons. The van der Waals surface area contributed by atoms with Gasteiger partial charge >= 0.3 is 5.97 Å². The van der Waals surface area contributed by atoms with Crippen LogP contribution in [0.15, 0.2) is 65.0 Å². The van der Waals surface area contributed by atoms with E-state index >= 15 is 0 Å². The van der Waals surface area contributed by atoms with Crippen molar-refractivity contribution in [3.63, 3.8) is 0 Å². The number of aromatic nitrogens is 3. The zero-order valence-electron chi connectivity index (χ0n) is 19.3. The van der Waals surface area contributed by atoms with Gasteiger partial charge in [-0.1, -0.05) is 59.8 Å². The lowest BCUT2D eigenvalue weighted by atomic mass is 9.95. The largest absolute Gasteiger partial charge is 0.494 e. The summed E-state index contributed by atoms with van der Waals surface area (Å²) in [5.74, 6) is 1.66. The molecule has 0 fully saturated rings. The number of esters is 1. The first-order valence-electron chi connectivity index (χ1n) is 11.0. The van der Waals surface area contributed by atoms with Gasteiger partial charge in [-0.15, -0.1) is 5.10 Å². The summed E-state index contributed by atoms with van der Waals surface area (Å²) in [6.45, 7) is 8.48. The highest BCUT2D eigenvalue weighted by molar-refractivity contribution is 7.98. The second kappa shape index (κ2) is 10.1. The number of hydrogen-bond acceptors (Lipinski definition) is 7. The van der Waals surface area contributed by atoms with Crippen molar-refractivity contribution in [2.24, 2.45) is 0 Å². The number of para-hydroxylation sites is 1. The van der Waals surface area contributed by atoms with Crippen molar-refractivity contribution in [3.8, 4) is 5.75 Å². The van der Waals surface area contributed by atoms with Crippen LogP contribution in [0.1, 0.15) is 43.5 Å². The van der Waals surface area contributed by atoms with E-state index in [2.05, 4.69) is 36.5 Å². The zero-order chi connectivity index (χ0) is 23.4. The van der Waals surface area contributed by atoms with Gasteiger partial charge in [-0.2, -0.15) is 4.98 Å². The Morgan fingerprint density at radius 3 is 2.70 bits per heavy atom. The Bertz CT molecular complexity index is 1190. The van der Waals surface area contributed by atoms with Gasteiger partial charge in [0, 0.05) is 17.0 Å². The third-order valence-corrected chi connectivity index (χ3v) is 6.20. The molecule has 4 rings (SSSR count). The molecule has 0 radical (unpaired) electrons. The van der Waals surface area contributed by atoms with Crippen LogP contribution in [0.3, 0.4) is 0 Å². The van der Waals surface area contributed by atoms with Gasteiger partial charge in [0.2, 0.25) is 11.1 Å². The summed E-state index contributed by atoms with van der Waals surface area (Å²) in [5.41, 5.74) is 4.46. The second-order valence-electron chi connectivity index (χ2n) is 7.70. The molecule has 0 saturated carbocycles. The highest BCUT2D eigenvalue weighted by atomic mass is 32.2. The predicted molar refractivity (Wildman–Crippen MR) is 129 cm³/mol. The van der Waals surface area contributed by atoms with Crippen molar-refractivity contribution < 1.29 is 14.3 Å². The lowest BCUT2D eigenvalue weighted by Crippen LogP contribution is -2.30. The molecule has 1 N–H and O–H groups in total. The van der Waals surface area contributed by atoms with Crippen LogP contribution >= 0.6 is 11.8 Å². The summed E-state index contributed by atoms with van der Waals surface area (Å²) in [5, 5.41) is 8.66. The molecule has 0 spiro atoms. The first kappa shape index (κ1) is 22.9. The van der Waals surface area contributed by atoms with E-state index in [0.29, 0.717) is 34.7 Å². The molecule has 33 heavy (non-hydrogen) atoms. The Morgan fingerprint density at radius 2 is 1.94 bits per heavy atom. The van der Waals surface area contributed by atoms with Gasteiger partial charge in [-0.05, 0) is 39.3 Å². The van der Waals surface area contributed by atoms with Gasteiger partial charge < -0.3 is 14.8 Å². The molecule has 0 saturated heterocycles. The highest BCUT2D eigenvalue weighted by Crippen LogP contribution is 2.40. The van der Waals surface area contributed by atoms with Crippen molar-refractivity contribution in [2.75, 3.05) is 18.5 Å². The maximum atomic E-state index is 13.0. The Kier molecular flexibility index (Phi) is 7.03. The van der Waals surface area contributed by atoms with E-state index in [-0.39, 0.29) is 12.6 Å². The number of anilines is 1. The van der Waals surface area contributed by atoms with Gasteiger partial charge in [0.25, 0.3) is 0 Å². The van der Waals surface area contributed by atoms with Crippen molar-refractivity contribution in [1.29, 1.82) is 0 Å². The molecule has 7 nitrogen and oxygen atoms in total. The second-order valence-corrected chi connectivity index (χ2v) is 8.64. The Morgan fingerprint density at radius 1 is 1.12 bits per heavy atom. The van der Waals surface area contributed by atoms with Crippen molar-refractivity contribution in [2.45, 2.75) is 44.6 Å². The van der Waals surface area contributed by atoms with Crippen molar-refractivity contribution in [1.82, 2.24) is 14.8 Å². The van der Waals surface area contributed by atoms with Gasteiger partial charge in [0.05, 0.1) is 18.8 Å². The molecule has 8 heteroatoms. The Hall–Kier alpha value is -3.26. The summed E-state index contributed by atoms with van der Waals surface area (Å²) >= 11 is 1.56. The van der Waals surface area contributed by atoms with Crippen LogP contribution in [0.25, 0.3) is 0 Å². The molecule has 1 aromatic heterocycles. The molecular weight excluding hydrogens is 436 g/mol. The van der Waals surface area contributed by atoms with Gasteiger partial charge in [-0.3, -0.25) is 0 Å². The van der Waals surface area contributed by atoms with Crippen LogP contribution in [0.2, 0.25) is 0 Å². The van der Waals surface area contributed by atoms with E-state index in [1.807, 2.05) is 38.1 Å². The minimum Gasteiger partial charge on any atom is -0.494 e. The number of nitrogens with one attached hydrogen (secondary N) is 1. The van der Waals surface area contributed by atoms with E-state index in [4.69, 9.17) is 19.6 Å². The summed E-state index contributed by atoms with van der Waals surface area (Å²) in [7, 11) is 0. The summed E-state index contributed by atoms with van der Waals surface area (Å²) in [6, 6.07) is 15.6. The molecular formula is C25H28N4O3S. The maximum Gasteiger partial charge on any atom is 0.338 e. The van der Waals surface area contributed by atoms with E-state index in [1.54, 1.807) is 23.4 Å². The average Bonchev–Trinajstić information content (AvgIpc) is 3.20. The number of aryl methyl sites for hydroxylation is 1. The molecule has 2 heterocycles. The number of hydrogen-bond donors (Lipinski definition) is 1. The molecule has 1 aliphatic heterocycles. The summed E-state index contributed by atoms with van der Waals surface area (Å²) < 4.78 is 13.0. The number of rotatable bonds is 8. The van der Waals surface area contributed by atoms with E-state index in [0.717, 1.165) is 11.3 Å². The smallest absolute Gasteiger partial charge is 0.338 e. The molecule has 3 aromatic rings. The topological polar surface area (TPSA) is 78.3 Å². The Balaban J connectivity index is 1.73. The minimum atomic E-state index is -0.510. The predicted octanol–water partition coefficient (Wildman–Crippen LogP) is 5.13. The molecule has 0 amide bonds. The monoisotopic (exact) mass is 464 g/mol. The summed E-state index contributed by atoms with van der Waals surface area (Å²) in [4.78, 5) is 17.7. The van der Waals surface area contributed by atoms with Crippen LogP contribution in [-0.4, -0.2) is 33.9 Å². The van der Waals surface area contributed by atoms with Crippen molar-refractivity contribution >= 4 is 23.7 Å².